The SMILES string of the molecule is COc1ccccc1N(CC(=O)N(Cc1ccc(Cl)c(Cl)c1)[C@@H](Cc1ccccc1)C(=O)NCC(C)C)S(C)(=O)=O. The van der Waals surface area contributed by atoms with Gasteiger partial charge in [-0.25, -0.2) is 8.42 Å². The van der Waals surface area contributed by atoms with Crippen molar-refractivity contribution in [2.75, 3.05) is 30.8 Å². The topological polar surface area (TPSA) is 96.0 Å². The summed E-state index contributed by atoms with van der Waals surface area (Å²) in [5, 5.41) is 3.59. The van der Waals surface area contributed by atoms with Crippen molar-refractivity contribution in [3.63, 3.8) is 0 Å². The number of benzene rings is 3. The first-order valence-electron chi connectivity index (χ1n) is 13.1. The standard InChI is InChI=1S/C30H35Cl2N3O5S/c1-21(2)18-33-30(37)27(17-22-10-6-5-7-11-22)34(19-23-14-15-24(31)25(32)16-23)29(36)20-35(41(4,38)39)26-12-8-9-13-28(26)40-3/h5-16,21,27H,17-20H2,1-4H3,(H,33,37)/t27-/m0/s1. The van der Waals surface area contributed by atoms with Crippen LogP contribution < -0.4 is 14.4 Å². The van der Waals surface area contributed by atoms with E-state index in [2.05, 4.69) is 5.32 Å². The fraction of sp³-hybridized carbons (Fsp3) is 0.333. The summed E-state index contributed by atoms with van der Waals surface area (Å²) in [6.45, 7) is 3.80. The molecule has 1 N–H and O–H groups in total. The molecule has 0 heterocycles. The Kier molecular flexibility index (Phi) is 11.5. The zero-order valence-electron chi connectivity index (χ0n) is 23.5. The largest absolute Gasteiger partial charge is 0.495 e. The summed E-state index contributed by atoms with van der Waals surface area (Å²) in [7, 11) is -2.50. The Labute approximate surface area is 252 Å². The van der Waals surface area contributed by atoms with E-state index < -0.39 is 28.5 Å². The number of nitrogens with one attached hydrogen (secondary N) is 1. The van der Waals surface area contributed by atoms with Crippen LogP contribution in [-0.4, -0.2) is 57.6 Å². The predicted octanol–water partition coefficient (Wildman–Crippen LogP) is 5.18. The van der Waals surface area contributed by atoms with Crippen molar-refractivity contribution in [1.82, 2.24) is 10.2 Å². The number of hydrogen-bond donors (Lipinski definition) is 1. The third-order valence-electron chi connectivity index (χ3n) is 6.33. The Morgan fingerprint density at radius 1 is 0.927 bits per heavy atom. The quantitative estimate of drug-likeness (QED) is 0.284. The number of ether oxygens (including phenoxy) is 1. The van der Waals surface area contributed by atoms with Crippen LogP contribution in [0.5, 0.6) is 5.75 Å². The first kappa shape index (κ1) is 32.2. The number of methoxy groups -OCH3 is 1. The Bertz CT molecular complexity index is 1450. The lowest BCUT2D eigenvalue weighted by Crippen LogP contribution is -2.53. The lowest BCUT2D eigenvalue weighted by molar-refractivity contribution is -0.140. The van der Waals surface area contributed by atoms with Gasteiger partial charge in [0.15, 0.2) is 0 Å². The van der Waals surface area contributed by atoms with Gasteiger partial charge in [-0.2, -0.15) is 0 Å². The summed E-state index contributed by atoms with van der Waals surface area (Å²) in [5.41, 5.74) is 1.68. The molecule has 0 radical (unpaired) electrons. The molecule has 0 fully saturated rings. The molecule has 0 aliphatic heterocycles. The maximum Gasteiger partial charge on any atom is 0.244 e. The highest BCUT2D eigenvalue weighted by Crippen LogP contribution is 2.30. The maximum atomic E-state index is 14.1. The average Bonchev–Trinajstić information content (AvgIpc) is 2.94. The minimum absolute atomic E-state index is 0.00809. The summed E-state index contributed by atoms with van der Waals surface area (Å²) in [6.07, 6.45) is 1.23. The summed E-state index contributed by atoms with van der Waals surface area (Å²) >= 11 is 12.4. The Morgan fingerprint density at radius 2 is 1.59 bits per heavy atom. The van der Waals surface area contributed by atoms with Crippen LogP contribution >= 0.6 is 23.2 Å². The number of rotatable bonds is 13. The summed E-state index contributed by atoms with van der Waals surface area (Å²) < 4.78 is 32.3. The van der Waals surface area contributed by atoms with Gasteiger partial charge in [-0.3, -0.25) is 13.9 Å². The summed E-state index contributed by atoms with van der Waals surface area (Å²) in [4.78, 5) is 29.2. The van der Waals surface area contributed by atoms with Gasteiger partial charge in [-0.15, -0.1) is 0 Å². The molecule has 8 nitrogen and oxygen atoms in total. The third kappa shape index (κ3) is 9.11. The van der Waals surface area contributed by atoms with Crippen LogP contribution in [0.2, 0.25) is 10.0 Å². The van der Waals surface area contributed by atoms with E-state index in [0.717, 1.165) is 16.1 Å². The van der Waals surface area contributed by atoms with Crippen molar-refractivity contribution >= 4 is 50.7 Å². The number of para-hydroxylation sites is 2. The van der Waals surface area contributed by atoms with Crippen LogP contribution in [0.25, 0.3) is 0 Å². The molecule has 0 aliphatic rings. The van der Waals surface area contributed by atoms with Crippen molar-refractivity contribution in [3.8, 4) is 5.75 Å². The average molecular weight is 621 g/mol. The molecule has 0 saturated carbocycles. The van der Waals surface area contributed by atoms with Crippen molar-refractivity contribution in [3.05, 3.63) is 94.0 Å². The van der Waals surface area contributed by atoms with Gasteiger partial charge in [-0.05, 0) is 41.3 Å². The second kappa shape index (κ2) is 14.6. The number of sulfonamides is 1. The van der Waals surface area contributed by atoms with Gasteiger partial charge in [0, 0.05) is 19.5 Å². The molecule has 3 rings (SSSR count). The minimum Gasteiger partial charge on any atom is -0.495 e. The van der Waals surface area contributed by atoms with Gasteiger partial charge < -0.3 is 15.0 Å². The van der Waals surface area contributed by atoms with Crippen molar-refractivity contribution in [1.29, 1.82) is 0 Å². The number of carbonyl (C=O) groups is 2. The molecule has 11 heteroatoms. The molecule has 3 aromatic carbocycles. The fourth-order valence-corrected chi connectivity index (χ4v) is 5.42. The van der Waals surface area contributed by atoms with Crippen LogP contribution in [0.4, 0.5) is 5.69 Å². The maximum absolute atomic E-state index is 14.1. The molecule has 2 amide bonds. The smallest absolute Gasteiger partial charge is 0.244 e. The number of amides is 2. The van der Waals surface area contributed by atoms with E-state index >= 15 is 0 Å². The molecule has 0 unspecified atom stereocenters. The molecule has 0 spiro atoms. The second-order valence-electron chi connectivity index (χ2n) is 10.1. The zero-order chi connectivity index (χ0) is 30.2. The van der Waals surface area contributed by atoms with Crippen LogP contribution in [-0.2, 0) is 32.6 Å². The van der Waals surface area contributed by atoms with Crippen LogP contribution in [0.1, 0.15) is 25.0 Å². The van der Waals surface area contributed by atoms with Gasteiger partial charge in [0.25, 0.3) is 0 Å². The molecular formula is C30H35Cl2N3O5S. The third-order valence-corrected chi connectivity index (χ3v) is 8.19. The van der Waals surface area contributed by atoms with E-state index in [1.54, 1.807) is 42.5 Å². The van der Waals surface area contributed by atoms with E-state index in [1.165, 1.54) is 12.0 Å². The van der Waals surface area contributed by atoms with E-state index in [0.29, 0.717) is 22.2 Å². The molecule has 220 valence electrons. The van der Waals surface area contributed by atoms with Gasteiger partial charge in [-0.1, -0.05) is 85.6 Å². The number of carbonyl (C=O) groups excluding carboxylic acids is 2. The number of nitrogens with zero attached hydrogens (tertiary/aromatic N) is 2. The number of hydrogen-bond acceptors (Lipinski definition) is 5. The van der Waals surface area contributed by atoms with Crippen LogP contribution in [0.3, 0.4) is 0 Å². The van der Waals surface area contributed by atoms with E-state index in [9.17, 15) is 18.0 Å². The highest BCUT2D eigenvalue weighted by molar-refractivity contribution is 7.92. The van der Waals surface area contributed by atoms with Crippen molar-refractivity contribution in [2.24, 2.45) is 5.92 Å². The van der Waals surface area contributed by atoms with E-state index in [4.69, 9.17) is 27.9 Å². The predicted molar refractivity (Wildman–Crippen MR) is 164 cm³/mol. The molecule has 0 aromatic heterocycles. The molecule has 0 saturated heterocycles. The van der Waals surface area contributed by atoms with E-state index in [-0.39, 0.29) is 36.2 Å². The lowest BCUT2D eigenvalue weighted by atomic mass is 10.0. The van der Waals surface area contributed by atoms with Gasteiger partial charge in [0.05, 0.1) is 29.1 Å². The number of halogens is 2. The molecule has 41 heavy (non-hydrogen) atoms. The molecule has 1 atom stereocenters. The second-order valence-corrected chi connectivity index (χ2v) is 12.8. The highest BCUT2D eigenvalue weighted by atomic mass is 35.5. The zero-order valence-corrected chi connectivity index (χ0v) is 25.8. The van der Waals surface area contributed by atoms with E-state index in [1.807, 2.05) is 44.2 Å². The lowest BCUT2D eigenvalue weighted by Gasteiger charge is -2.34. The molecule has 0 bridgehead atoms. The Morgan fingerprint density at radius 3 is 2.20 bits per heavy atom. The molecule has 3 aromatic rings. The summed E-state index contributed by atoms with van der Waals surface area (Å²) in [6, 6.07) is 19.9. The first-order valence-corrected chi connectivity index (χ1v) is 15.7. The first-order chi connectivity index (χ1) is 19.4. The van der Waals surface area contributed by atoms with Gasteiger partial charge in [0.2, 0.25) is 21.8 Å². The molecular weight excluding hydrogens is 585 g/mol. The van der Waals surface area contributed by atoms with Crippen molar-refractivity contribution in [2.45, 2.75) is 32.9 Å². The molecule has 0 aliphatic carbocycles. The fourth-order valence-electron chi connectivity index (χ4n) is 4.24. The number of anilines is 1. The Hall–Kier alpha value is -3.27. The minimum atomic E-state index is -3.92. The normalized spacial score (nSPS) is 12.1. The highest BCUT2D eigenvalue weighted by Gasteiger charge is 2.33. The monoisotopic (exact) mass is 619 g/mol. The van der Waals surface area contributed by atoms with Crippen LogP contribution in [0, 0.1) is 5.92 Å². The van der Waals surface area contributed by atoms with Gasteiger partial charge >= 0.3 is 0 Å². The van der Waals surface area contributed by atoms with Crippen LogP contribution in [0.15, 0.2) is 72.8 Å². The van der Waals surface area contributed by atoms with Gasteiger partial charge in [0.1, 0.15) is 18.3 Å². The van der Waals surface area contributed by atoms with Crippen molar-refractivity contribution < 1.29 is 22.7 Å². The summed E-state index contributed by atoms with van der Waals surface area (Å²) in [5.74, 6) is -0.453. The Balaban J connectivity index is 2.09.